The molecule has 17 nitrogen and oxygen atoms in total. The first kappa shape index (κ1) is 32.6. The zero-order chi connectivity index (χ0) is 32.2. The molecule has 2 aromatic rings. The van der Waals surface area contributed by atoms with Crippen LogP contribution in [0.3, 0.4) is 0 Å². The molecule has 4 rings (SSSR count). The van der Waals surface area contributed by atoms with Crippen LogP contribution in [-0.2, 0) is 35.9 Å². The molecular weight excluding hydrogens is 620 g/mol. The lowest BCUT2D eigenvalue weighted by Crippen LogP contribution is -2.71. The van der Waals surface area contributed by atoms with E-state index in [0.717, 1.165) is 30.8 Å². The number of carbonyl (C=O) groups excluding carboxylic acids is 2. The lowest BCUT2D eigenvalue weighted by Gasteiger charge is -2.42. The van der Waals surface area contributed by atoms with Crippen LogP contribution in [0.15, 0.2) is 34.4 Å². The van der Waals surface area contributed by atoms with Gasteiger partial charge >= 0.3 is 16.3 Å². The van der Waals surface area contributed by atoms with Gasteiger partial charge in [-0.15, -0.1) is 11.3 Å². The Morgan fingerprint density at radius 1 is 1.32 bits per heavy atom. The number of aryl methyl sites for hydroxylation is 1. The lowest BCUT2D eigenvalue weighted by atomic mass is 10.0. The van der Waals surface area contributed by atoms with E-state index in [1.807, 2.05) is 0 Å². The molecule has 238 valence electrons. The molecule has 0 aliphatic carbocycles. The molecule has 8 N–H and O–H groups in total. The molecule has 19 heteroatoms. The molecule has 2 aliphatic heterocycles. The predicted octanol–water partition coefficient (Wildman–Crippen LogP) is -0.874. The number of oxime groups is 1. The van der Waals surface area contributed by atoms with Crippen LogP contribution in [0.25, 0.3) is 0 Å². The van der Waals surface area contributed by atoms with Crippen LogP contribution in [0.2, 0.25) is 0 Å². The Bertz CT molecular complexity index is 1570. The zero-order valence-corrected chi connectivity index (χ0v) is 25.3. The van der Waals surface area contributed by atoms with Crippen molar-refractivity contribution >= 4 is 56.1 Å². The number of hydrogen-bond donors (Lipinski definition) is 6. The number of amidine groups is 1. The minimum Gasteiger partial charge on any atom is -0.489 e. The first-order valence-corrected chi connectivity index (χ1v) is 15.6. The van der Waals surface area contributed by atoms with Gasteiger partial charge in [-0.25, -0.2) is 14.1 Å². The number of benzene rings is 1. The highest BCUT2D eigenvalue weighted by atomic mass is 32.2. The molecule has 2 fully saturated rings. The number of carbonyl (C=O) groups is 3. The summed E-state index contributed by atoms with van der Waals surface area (Å²) in [6, 6.07) is 4.20. The van der Waals surface area contributed by atoms with E-state index in [1.165, 1.54) is 6.92 Å². The van der Waals surface area contributed by atoms with Gasteiger partial charge in [-0.2, -0.15) is 8.42 Å². The summed E-state index contributed by atoms with van der Waals surface area (Å²) in [4.78, 5) is 51.8. The number of nitrogens with one attached hydrogen (secondary N) is 2. The maximum atomic E-state index is 13.2. The maximum Gasteiger partial charge on any atom is 0.362 e. The normalized spacial score (nSPS) is 21.5. The summed E-state index contributed by atoms with van der Waals surface area (Å²) in [6.07, 6.45) is -0.413. The number of ether oxygens (including phenoxy) is 1. The summed E-state index contributed by atoms with van der Waals surface area (Å²) >= 11 is 1.06. The van der Waals surface area contributed by atoms with E-state index < -0.39 is 58.6 Å². The molecule has 0 radical (unpaired) electrons. The van der Waals surface area contributed by atoms with Crippen LogP contribution in [0.5, 0.6) is 5.75 Å². The van der Waals surface area contributed by atoms with Crippen LogP contribution in [0.1, 0.15) is 36.4 Å². The van der Waals surface area contributed by atoms with E-state index in [2.05, 4.69) is 25.8 Å². The Balaban J connectivity index is 1.48. The highest BCUT2D eigenvalue weighted by Crippen LogP contribution is 2.25. The van der Waals surface area contributed by atoms with E-state index in [9.17, 15) is 32.5 Å². The molecule has 44 heavy (non-hydrogen) atoms. The molecule has 2 aliphatic rings. The van der Waals surface area contributed by atoms with Gasteiger partial charge in [0.2, 0.25) is 0 Å². The van der Waals surface area contributed by atoms with Crippen molar-refractivity contribution < 1.29 is 42.0 Å². The van der Waals surface area contributed by atoms with E-state index >= 15 is 0 Å². The third-order valence-electron chi connectivity index (χ3n) is 6.80. The molecular formula is C25H32N8O9S2. The second-order valence-corrected chi connectivity index (χ2v) is 12.3. The Kier molecular flexibility index (Phi) is 10.0. The lowest BCUT2D eigenvalue weighted by molar-refractivity contribution is -0.152. The average molecular weight is 653 g/mol. The summed E-state index contributed by atoms with van der Waals surface area (Å²) in [5.74, 6) is -2.86. The van der Waals surface area contributed by atoms with Crippen molar-refractivity contribution in [1.29, 1.82) is 0 Å². The number of aliphatic imine (C=N–C) groups is 1. The van der Waals surface area contributed by atoms with E-state index in [1.54, 1.807) is 31.2 Å². The summed E-state index contributed by atoms with van der Waals surface area (Å²) in [5, 5.41) is 19.1. The number of amides is 2. The average Bonchev–Trinajstić information content (AvgIpc) is 3.61. The topological polar surface area (TPSA) is 261 Å². The van der Waals surface area contributed by atoms with E-state index in [0.29, 0.717) is 28.4 Å². The van der Waals surface area contributed by atoms with Crippen molar-refractivity contribution in [2.45, 2.75) is 50.9 Å². The van der Waals surface area contributed by atoms with E-state index in [-0.39, 0.29) is 21.2 Å². The molecule has 1 aromatic heterocycles. The SMILES string of the molecule is CCc1sc(N)nc1/C(=N/OC(COc1ccc(C(N)=N[C@@H]2CCNC2)cc1)C(=O)O)C(=O)N[C@@H]1C(=O)N(S(=O)(=O)O)[C@H]1C. The second kappa shape index (κ2) is 13.5. The van der Waals surface area contributed by atoms with Gasteiger partial charge in [-0.05, 0) is 50.6 Å². The van der Waals surface area contributed by atoms with Crippen LogP contribution in [0, 0.1) is 0 Å². The van der Waals surface area contributed by atoms with Gasteiger partial charge < -0.3 is 36.8 Å². The number of carboxylic acid groups (broad SMARTS) is 1. The smallest absolute Gasteiger partial charge is 0.362 e. The summed E-state index contributed by atoms with van der Waals surface area (Å²) in [7, 11) is -4.83. The molecule has 4 atom stereocenters. The van der Waals surface area contributed by atoms with Gasteiger partial charge in [0.15, 0.2) is 10.8 Å². The molecule has 1 unspecified atom stereocenters. The summed E-state index contributed by atoms with van der Waals surface area (Å²) in [5.41, 5.74) is 12.1. The fraction of sp³-hybridized carbons (Fsp3) is 0.440. The Morgan fingerprint density at radius 3 is 2.59 bits per heavy atom. The van der Waals surface area contributed by atoms with Crippen molar-refractivity contribution in [3.8, 4) is 5.75 Å². The Hall–Kier alpha value is -4.33. The third kappa shape index (κ3) is 7.41. The van der Waals surface area contributed by atoms with Crippen LogP contribution in [0.4, 0.5) is 5.13 Å². The minimum atomic E-state index is -4.83. The van der Waals surface area contributed by atoms with Gasteiger partial charge in [-0.1, -0.05) is 12.1 Å². The number of carboxylic acids is 1. The molecule has 2 saturated heterocycles. The standard InChI is InChI=1S/C25H32N8O9S2/c1-3-17-19(31-25(27)43-17)20(22(34)30-18-12(2)33(23(18)35)44(38,39)40)32-42-16(24(36)37)11-41-15-6-4-13(5-7-15)21(26)29-14-8-9-28-10-14/h4-7,12,14,16,18,28H,3,8-11H2,1-2H3,(H2,26,29)(H2,27,31)(H,30,34)(H,36,37)(H,38,39,40)/b32-20-/t12-,14+,16?,18-/m0/s1. The second-order valence-electron chi connectivity index (χ2n) is 9.85. The van der Waals surface area contributed by atoms with Crippen LogP contribution >= 0.6 is 11.3 Å². The quantitative estimate of drug-likeness (QED) is 0.0506. The van der Waals surface area contributed by atoms with Crippen molar-refractivity contribution in [3.63, 3.8) is 0 Å². The third-order valence-corrected chi connectivity index (χ3v) is 8.84. The van der Waals surface area contributed by atoms with Crippen molar-refractivity contribution in [3.05, 3.63) is 40.4 Å². The van der Waals surface area contributed by atoms with Crippen molar-refractivity contribution in [1.82, 2.24) is 19.9 Å². The monoisotopic (exact) mass is 652 g/mol. The Morgan fingerprint density at radius 2 is 2.02 bits per heavy atom. The minimum absolute atomic E-state index is 0.00755. The number of nitrogens with two attached hydrogens (primary N) is 2. The number of rotatable bonds is 13. The number of nitrogens with zero attached hydrogens (tertiary/aromatic N) is 4. The van der Waals surface area contributed by atoms with Gasteiger partial charge in [0.05, 0.1) is 12.1 Å². The first-order chi connectivity index (χ1) is 20.8. The first-order valence-electron chi connectivity index (χ1n) is 13.4. The van der Waals surface area contributed by atoms with Gasteiger partial charge in [0.1, 0.15) is 29.9 Å². The number of anilines is 1. The fourth-order valence-corrected chi connectivity index (χ4v) is 6.13. The molecule has 0 bridgehead atoms. The largest absolute Gasteiger partial charge is 0.489 e. The van der Waals surface area contributed by atoms with E-state index in [4.69, 9.17) is 21.0 Å². The summed E-state index contributed by atoms with van der Waals surface area (Å²) < 4.78 is 37.9. The molecule has 0 saturated carbocycles. The zero-order valence-electron chi connectivity index (χ0n) is 23.7. The fourth-order valence-electron chi connectivity index (χ4n) is 4.48. The van der Waals surface area contributed by atoms with Crippen molar-refractivity contribution in [2.24, 2.45) is 15.9 Å². The van der Waals surface area contributed by atoms with Gasteiger partial charge in [0.25, 0.3) is 17.9 Å². The predicted molar refractivity (Wildman–Crippen MR) is 159 cm³/mol. The molecule has 1 aromatic carbocycles. The van der Waals surface area contributed by atoms with Crippen LogP contribution in [-0.4, -0.2) is 101 Å². The number of hydrogen-bond acceptors (Lipinski definition) is 13. The molecule has 3 heterocycles. The number of nitrogen functional groups attached to an aromatic ring is 1. The number of aliphatic carboxylic acids is 1. The highest BCUT2D eigenvalue weighted by molar-refractivity contribution is 7.84. The highest BCUT2D eigenvalue weighted by Gasteiger charge is 2.51. The van der Waals surface area contributed by atoms with Gasteiger partial charge in [-0.3, -0.25) is 19.1 Å². The molecule has 2 amide bonds. The Labute approximate surface area is 256 Å². The number of aromatic nitrogens is 1. The maximum absolute atomic E-state index is 13.2. The van der Waals surface area contributed by atoms with Gasteiger partial charge in [0, 0.05) is 17.0 Å². The number of β-lactam (4-membered cyclic amide) rings is 1. The van der Waals surface area contributed by atoms with Crippen LogP contribution < -0.4 is 26.8 Å². The summed E-state index contributed by atoms with van der Waals surface area (Å²) in [6.45, 7) is 4.18. The molecule has 0 spiro atoms. The number of thiazole rings is 1. The van der Waals surface area contributed by atoms with Crippen molar-refractivity contribution in [2.75, 3.05) is 25.4 Å².